The predicted octanol–water partition coefficient (Wildman–Crippen LogP) is 7.99. The van der Waals surface area contributed by atoms with Gasteiger partial charge in [0, 0.05) is 16.8 Å². The summed E-state index contributed by atoms with van der Waals surface area (Å²) < 4.78 is 5.90. The second kappa shape index (κ2) is 11.8. The van der Waals surface area contributed by atoms with Crippen molar-refractivity contribution in [3.8, 4) is 5.75 Å². The molecule has 0 radical (unpaired) electrons. The molecule has 36 heavy (non-hydrogen) atoms. The largest absolute Gasteiger partial charge is 0.489 e. The molecule has 0 unspecified atom stereocenters. The Kier molecular flexibility index (Phi) is 7.89. The number of hydrogen-bond acceptors (Lipinski definition) is 4. The zero-order valence-electron chi connectivity index (χ0n) is 20.3. The molecule has 0 aliphatic heterocycles. The van der Waals surface area contributed by atoms with Crippen LogP contribution in [0.3, 0.4) is 0 Å². The van der Waals surface area contributed by atoms with Crippen LogP contribution in [-0.4, -0.2) is 12.1 Å². The molecule has 0 spiro atoms. The lowest BCUT2D eigenvalue weighted by Gasteiger charge is -2.12. The summed E-state index contributed by atoms with van der Waals surface area (Å²) in [5.74, 6) is 0.745. The van der Waals surface area contributed by atoms with E-state index in [9.17, 15) is 4.79 Å². The first-order chi connectivity index (χ1) is 17.8. The number of carbonyl (C=O) groups is 1. The van der Waals surface area contributed by atoms with Crippen molar-refractivity contribution in [2.75, 3.05) is 5.32 Å². The van der Waals surface area contributed by atoms with Crippen molar-refractivity contribution in [1.82, 2.24) is 0 Å². The predicted molar refractivity (Wildman–Crippen MR) is 149 cm³/mol. The highest BCUT2D eigenvalue weighted by molar-refractivity contribution is 7.16. The Morgan fingerprint density at radius 1 is 0.861 bits per heavy atom. The molecule has 1 heterocycles. The number of aryl methyl sites for hydroxylation is 1. The SMILES string of the molecule is O=C(Nc1ccccc1)c1c(N=Cc2ccc(OCc3ccccc3)cc2)sc2c1CCCCCC2. The zero-order chi connectivity index (χ0) is 24.6. The van der Waals surface area contributed by atoms with Crippen LogP contribution in [0.1, 0.15) is 57.6 Å². The molecule has 1 amide bonds. The smallest absolute Gasteiger partial charge is 0.259 e. The van der Waals surface area contributed by atoms with Gasteiger partial charge in [-0.1, -0.05) is 61.4 Å². The van der Waals surface area contributed by atoms with Crippen LogP contribution in [0.4, 0.5) is 10.7 Å². The van der Waals surface area contributed by atoms with Crippen LogP contribution in [0.15, 0.2) is 89.9 Å². The van der Waals surface area contributed by atoms with E-state index in [0.29, 0.717) is 6.61 Å². The van der Waals surface area contributed by atoms with E-state index in [1.165, 1.54) is 29.7 Å². The van der Waals surface area contributed by atoms with Gasteiger partial charge < -0.3 is 10.1 Å². The number of hydrogen-bond donors (Lipinski definition) is 1. The van der Waals surface area contributed by atoms with Crippen LogP contribution in [0, 0.1) is 0 Å². The number of amides is 1. The molecule has 5 heteroatoms. The van der Waals surface area contributed by atoms with Gasteiger partial charge in [0.15, 0.2) is 0 Å². The van der Waals surface area contributed by atoms with E-state index >= 15 is 0 Å². The lowest BCUT2D eigenvalue weighted by molar-refractivity contribution is 0.102. The van der Waals surface area contributed by atoms with Crippen LogP contribution in [0.2, 0.25) is 0 Å². The van der Waals surface area contributed by atoms with Crippen molar-refractivity contribution >= 4 is 34.1 Å². The van der Waals surface area contributed by atoms with Crippen molar-refractivity contribution in [2.45, 2.75) is 45.1 Å². The second-order valence-electron chi connectivity index (χ2n) is 9.02. The van der Waals surface area contributed by atoms with E-state index in [1.807, 2.05) is 79.0 Å². The van der Waals surface area contributed by atoms with Gasteiger partial charge in [0.05, 0.1) is 5.56 Å². The van der Waals surface area contributed by atoms with E-state index in [-0.39, 0.29) is 5.91 Å². The third kappa shape index (κ3) is 6.10. The van der Waals surface area contributed by atoms with Gasteiger partial charge in [-0.3, -0.25) is 4.79 Å². The number of fused-ring (bicyclic) bond motifs is 1. The molecule has 1 aliphatic carbocycles. The average Bonchev–Trinajstić information content (AvgIpc) is 3.24. The summed E-state index contributed by atoms with van der Waals surface area (Å²) in [6.45, 7) is 0.537. The molecule has 0 fully saturated rings. The molecule has 0 bridgehead atoms. The molecule has 1 aromatic heterocycles. The second-order valence-corrected chi connectivity index (χ2v) is 10.1. The van der Waals surface area contributed by atoms with Crippen molar-refractivity contribution in [3.63, 3.8) is 0 Å². The standard InChI is InChI=1S/C31H30N2O2S/c34-30(33-25-13-7-4-8-14-25)29-27-15-9-1-2-10-16-28(27)36-31(29)32-21-23-17-19-26(20-18-23)35-22-24-11-5-3-6-12-24/h3-8,11-14,17-21H,1-2,9-10,15-16,22H2,(H,33,34). The van der Waals surface area contributed by atoms with E-state index in [2.05, 4.69) is 17.4 Å². The zero-order valence-corrected chi connectivity index (χ0v) is 21.1. The number of aliphatic imine (C=N–C) groups is 1. The summed E-state index contributed by atoms with van der Waals surface area (Å²) >= 11 is 1.67. The van der Waals surface area contributed by atoms with Gasteiger partial charge >= 0.3 is 0 Å². The van der Waals surface area contributed by atoms with Crippen LogP contribution >= 0.6 is 11.3 Å². The number of para-hydroxylation sites is 1. The number of ether oxygens (including phenoxy) is 1. The van der Waals surface area contributed by atoms with Gasteiger partial charge in [0.2, 0.25) is 0 Å². The molecule has 0 saturated carbocycles. The van der Waals surface area contributed by atoms with E-state index < -0.39 is 0 Å². The van der Waals surface area contributed by atoms with Crippen LogP contribution in [0.5, 0.6) is 5.75 Å². The van der Waals surface area contributed by atoms with Crippen molar-refractivity contribution in [1.29, 1.82) is 0 Å². The molecular formula is C31H30N2O2S. The molecule has 5 rings (SSSR count). The molecule has 0 saturated heterocycles. The van der Waals surface area contributed by atoms with Crippen LogP contribution < -0.4 is 10.1 Å². The van der Waals surface area contributed by atoms with Crippen molar-refractivity contribution in [2.24, 2.45) is 4.99 Å². The third-order valence-electron chi connectivity index (χ3n) is 6.37. The molecule has 4 aromatic rings. The van der Waals surface area contributed by atoms with Crippen molar-refractivity contribution in [3.05, 3.63) is 112 Å². The van der Waals surface area contributed by atoms with Crippen molar-refractivity contribution < 1.29 is 9.53 Å². The molecule has 1 aliphatic rings. The third-order valence-corrected chi connectivity index (χ3v) is 7.57. The molecule has 4 nitrogen and oxygen atoms in total. The van der Waals surface area contributed by atoms with Gasteiger partial charge in [0.25, 0.3) is 5.91 Å². The van der Waals surface area contributed by atoms with E-state index in [0.717, 1.165) is 52.4 Å². The summed E-state index contributed by atoms with van der Waals surface area (Å²) in [5, 5.41) is 3.87. The highest BCUT2D eigenvalue weighted by Crippen LogP contribution is 2.39. The van der Waals surface area contributed by atoms with Crippen LogP contribution in [-0.2, 0) is 19.4 Å². The molecule has 0 atom stereocenters. The van der Waals surface area contributed by atoms with Gasteiger partial charge in [-0.25, -0.2) is 4.99 Å². The fraction of sp³-hybridized carbons (Fsp3) is 0.226. The van der Waals surface area contributed by atoms with Gasteiger partial charge in [-0.2, -0.15) is 0 Å². The number of carbonyl (C=O) groups excluding carboxylic acids is 1. The Hall–Kier alpha value is -3.70. The maximum atomic E-state index is 13.4. The number of nitrogens with one attached hydrogen (secondary N) is 1. The summed E-state index contributed by atoms with van der Waals surface area (Å²) in [7, 11) is 0. The fourth-order valence-electron chi connectivity index (χ4n) is 4.47. The highest BCUT2D eigenvalue weighted by atomic mass is 32.1. The van der Waals surface area contributed by atoms with E-state index in [4.69, 9.17) is 9.73 Å². The normalized spacial score (nSPS) is 13.6. The Bertz CT molecular complexity index is 1310. The Labute approximate surface area is 216 Å². The summed E-state index contributed by atoms with van der Waals surface area (Å²) in [5.41, 5.74) is 4.83. The maximum absolute atomic E-state index is 13.4. The fourth-order valence-corrected chi connectivity index (χ4v) is 5.70. The Morgan fingerprint density at radius 2 is 1.56 bits per heavy atom. The lowest BCUT2D eigenvalue weighted by atomic mass is 9.96. The number of rotatable bonds is 7. The summed E-state index contributed by atoms with van der Waals surface area (Å²) in [6, 6.07) is 27.7. The molecular weight excluding hydrogens is 464 g/mol. The van der Waals surface area contributed by atoms with Gasteiger partial charge in [-0.15, -0.1) is 11.3 Å². The molecule has 182 valence electrons. The number of anilines is 1. The number of thiophene rings is 1. The quantitative estimate of drug-likeness (QED) is 0.265. The first-order valence-electron chi connectivity index (χ1n) is 12.6. The number of nitrogens with zero attached hydrogens (tertiary/aromatic N) is 1. The Balaban J connectivity index is 1.35. The number of benzene rings is 3. The van der Waals surface area contributed by atoms with Gasteiger partial charge in [0.1, 0.15) is 17.4 Å². The first-order valence-corrected chi connectivity index (χ1v) is 13.4. The lowest BCUT2D eigenvalue weighted by Crippen LogP contribution is -2.14. The first kappa shape index (κ1) is 24.0. The van der Waals surface area contributed by atoms with Crippen LogP contribution in [0.25, 0.3) is 0 Å². The minimum Gasteiger partial charge on any atom is -0.489 e. The summed E-state index contributed by atoms with van der Waals surface area (Å²) in [4.78, 5) is 19.5. The maximum Gasteiger partial charge on any atom is 0.259 e. The Morgan fingerprint density at radius 3 is 2.31 bits per heavy atom. The summed E-state index contributed by atoms with van der Waals surface area (Å²) in [6.07, 6.45) is 8.55. The minimum absolute atomic E-state index is 0.0731. The topological polar surface area (TPSA) is 50.7 Å². The molecule has 3 aromatic carbocycles. The minimum atomic E-state index is -0.0731. The highest BCUT2D eigenvalue weighted by Gasteiger charge is 2.24. The van der Waals surface area contributed by atoms with E-state index in [1.54, 1.807) is 11.3 Å². The van der Waals surface area contributed by atoms with Gasteiger partial charge in [-0.05, 0) is 78.8 Å². The average molecular weight is 495 g/mol. The monoisotopic (exact) mass is 494 g/mol. The molecule has 1 N–H and O–H groups in total.